The number of nitrogens with two attached hydrogens (primary N) is 1. The van der Waals surface area contributed by atoms with E-state index in [1.54, 1.807) is 12.4 Å². The van der Waals surface area contributed by atoms with Crippen LogP contribution in [-0.2, 0) is 13.0 Å². The van der Waals surface area contributed by atoms with Crippen LogP contribution in [0.15, 0.2) is 45.6 Å². The molecule has 0 aliphatic rings. The van der Waals surface area contributed by atoms with Crippen molar-refractivity contribution in [3.8, 4) is 5.75 Å². The van der Waals surface area contributed by atoms with E-state index in [9.17, 15) is 0 Å². The number of pyridine rings is 1. The van der Waals surface area contributed by atoms with Gasteiger partial charge in [0.05, 0.1) is 8.95 Å². The molecule has 1 heterocycles. The third kappa shape index (κ3) is 4.80. The molecule has 0 amide bonds. The van der Waals surface area contributed by atoms with Gasteiger partial charge in [-0.05, 0) is 80.1 Å². The maximum Gasteiger partial charge on any atom is 0.148 e. The van der Waals surface area contributed by atoms with Gasteiger partial charge in [0.15, 0.2) is 0 Å². The van der Waals surface area contributed by atoms with Crippen LogP contribution in [0.1, 0.15) is 24.5 Å². The topological polar surface area (TPSA) is 48.1 Å². The molecule has 3 nitrogen and oxygen atoms in total. The van der Waals surface area contributed by atoms with E-state index >= 15 is 0 Å². The zero-order chi connectivity index (χ0) is 15.2. The lowest BCUT2D eigenvalue weighted by molar-refractivity contribution is 0.302. The van der Waals surface area contributed by atoms with Crippen LogP contribution in [-0.4, -0.2) is 11.0 Å². The number of nitrogens with zero attached hydrogens (tertiary/aromatic N) is 1. The van der Waals surface area contributed by atoms with Crippen molar-refractivity contribution in [1.29, 1.82) is 0 Å². The average Bonchev–Trinajstić information content (AvgIpc) is 2.47. The Labute approximate surface area is 142 Å². The minimum absolute atomic E-state index is 0.187. The second kappa shape index (κ2) is 7.92. The molecular formula is C16H18Br2N2O. The third-order valence-corrected chi connectivity index (χ3v) is 4.39. The van der Waals surface area contributed by atoms with Crippen LogP contribution in [0.3, 0.4) is 0 Å². The summed E-state index contributed by atoms with van der Waals surface area (Å²) in [5.41, 5.74) is 8.29. The number of benzene rings is 1. The van der Waals surface area contributed by atoms with Crippen molar-refractivity contribution in [3.63, 3.8) is 0 Å². The van der Waals surface area contributed by atoms with Gasteiger partial charge in [0, 0.05) is 18.4 Å². The molecule has 1 aromatic carbocycles. The number of hydrogen-bond acceptors (Lipinski definition) is 3. The van der Waals surface area contributed by atoms with Gasteiger partial charge in [0.2, 0.25) is 0 Å². The molecule has 0 fully saturated rings. The van der Waals surface area contributed by atoms with Crippen molar-refractivity contribution in [2.24, 2.45) is 5.73 Å². The summed E-state index contributed by atoms with van der Waals surface area (Å²) in [4.78, 5) is 4.00. The summed E-state index contributed by atoms with van der Waals surface area (Å²) in [6.45, 7) is 2.61. The minimum atomic E-state index is 0.187. The van der Waals surface area contributed by atoms with E-state index in [0.29, 0.717) is 6.61 Å². The molecule has 0 saturated heterocycles. The van der Waals surface area contributed by atoms with Gasteiger partial charge in [0.25, 0.3) is 0 Å². The van der Waals surface area contributed by atoms with Gasteiger partial charge in [-0.1, -0.05) is 6.92 Å². The van der Waals surface area contributed by atoms with Crippen LogP contribution < -0.4 is 10.5 Å². The lowest BCUT2D eigenvalue weighted by atomic mass is 10.0. The summed E-state index contributed by atoms with van der Waals surface area (Å²) in [7, 11) is 0. The van der Waals surface area contributed by atoms with Gasteiger partial charge < -0.3 is 10.5 Å². The molecule has 0 saturated carbocycles. The fourth-order valence-electron chi connectivity index (χ4n) is 1.95. The minimum Gasteiger partial charge on any atom is -0.487 e. The Kier molecular flexibility index (Phi) is 6.21. The summed E-state index contributed by atoms with van der Waals surface area (Å²) in [5.74, 6) is 0.806. The number of rotatable bonds is 6. The van der Waals surface area contributed by atoms with E-state index in [4.69, 9.17) is 10.5 Å². The number of aromatic nitrogens is 1. The van der Waals surface area contributed by atoms with Crippen LogP contribution in [0.2, 0.25) is 0 Å². The maximum absolute atomic E-state index is 6.01. The number of halogens is 2. The van der Waals surface area contributed by atoms with Crippen molar-refractivity contribution < 1.29 is 4.74 Å². The highest BCUT2D eigenvalue weighted by Crippen LogP contribution is 2.35. The van der Waals surface area contributed by atoms with E-state index in [1.807, 2.05) is 12.1 Å². The van der Waals surface area contributed by atoms with Crippen LogP contribution in [0.5, 0.6) is 5.75 Å². The molecule has 2 N–H and O–H groups in total. The molecule has 112 valence electrons. The highest BCUT2D eigenvalue weighted by atomic mass is 79.9. The van der Waals surface area contributed by atoms with Gasteiger partial charge in [-0.25, -0.2) is 0 Å². The second-order valence-electron chi connectivity index (χ2n) is 4.91. The molecule has 0 bridgehead atoms. The first-order chi connectivity index (χ1) is 10.1. The Morgan fingerprint density at radius 1 is 1.14 bits per heavy atom. The van der Waals surface area contributed by atoms with Gasteiger partial charge >= 0.3 is 0 Å². The van der Waals surface area contributed by atoms with E-state index < -0.39 is 0 Å². The molecular weight excluding hydrogens is 396 g/mol. The number of hydrogen-bond donors (Lipinski definition) is 1. The van der Waals surface area contributed by atoms with E-state index in [0.717, 1.165) is 33.1 Å². The smallest absolute Gasteiger partial charge is 0.148 e. The van der Waals surface area contributed by atoms with Crippen LogP contribution >= 0.6 is 31.9 Å². The molecule has 2 rings (SSSR count). The van der Waals surface area contributed by atoms with Crippen molar-refractivity contribution in [3.05, 3.63) is 56.7 Å². The number of ether oxygens (including phenoxy) is 1. The van der Waals surface area contributed by atoms with Crippen molar-refractivity contribution in [2.75, 3.05) is 0 Å². The fraction of sp³-hybridized carbons (Fsp3) is 0.312. The Morgan fingerprint density at radius 3 is 2.33 bits per heavy atom. The van der Waals surface area contributed by atoms with Crippen LogP contribution in [0.4, 0.5) is 0 Å². The highest BCUT2D eigenvalue weighted by molar-refractivity contribution is 9.11. The summed E-state index contributed by atoms with van der Waals surface area (Å²) >= 11 is 7.15. The summed E-state index contributed by atoms with van der Waals surface area (Å²) in [6, 6.07) is 8.21. The third-order valence-electron chi connectivity index (χ3n) is 3.21. The maximum atomic E-state index is 6.01. The fourth-order valence-corrected chi connectivity index (χ4v) is 3.46. The van der Waals surface area contributed by atoms with Gasteiger partial charge in [-0.3, -0.25) is 4.98 Å². The van der Waals surface area contributed by atoms with E-state index in [1.165, 1.54) is 5.56 Å². The zero-order valence-corrected chi connectivity index (χ0v) is 15.0. The summed E-state index contributed by atoms with van der Waals surface area (Å²) in [6.07, 6.45) is 5.35. The molecule has 21 heavy (non-hydrogen) atoms. The Hall–Kier alpha value is -0.910. The second-order valence-corrected chi connectivity index (χ2v) is 6.61. The van der Waals surface area contributed by atoms with Crippen molar-refractivity contribution in [1.82, 2.24) is 4.98 Å². The first-order valence-corrected chi connectivity index (χ1v) is 8.44. The Bertz CT molecular complexity index is 567. The SMILES string of the molecule is CCC(N)Cc1cc(Br)c(OCc2ccncc2)c(Br)c1. The van der Waals surface area contributed by atoms with E-state index in [-0.39, 0.29) is 6.04 Å². The predicted molar refractivity (Wildman–Crippen MR) is 92.4 cm³/mol. The largest absolute Gasteiger partial charge is 0.487 e. The molecule has 1 aromatic heterocycles. The average molecular weight is 414 g/mol. The predicted octanol–water partition coefficient (Wildman–Crippen LogP) is 4.47. The molecule has 0 radical (unpaired) electrons. The highest BCUT2D eigenvalue weighted by Gasteiger charge is 2.11. The van der Waals surface area contributed by atoms with Crippen LogP contribution in [0.25, 0.3) is 0 Å². The van der Waals surface area contributed by atoms with Gasteiger partial charge in [-0.2, -0.15) is 0 Å². The molecule has 5 heteroatoms. The van der Waals surface area contributed by atoms with E-state index in [2.05, 4.69) is 55.9 Å². The molecule has 0 spiro atoms. The monoisotopic (exact) mass is 412 g/mol. The molecule has 0 aliphatic carbocycles. The Balaban J connectivity index is 2.10. The zero-order valence-electron chi connectivity index (χ0n) is 11.9. The Morgan fingerprint density at radius 2 is 1.76 bits per heavy atom. The molecule has 1 atom stereocenters. The first kappa shape index (κ1) is 16.5. The first-order valence-electron chi connectivity index (χ1n) is 6.85. The van der Waals surface area contributed by atoms with Crippen molar-refractivity contribution >= 4 is 31.9 Å². The van der Waals surface area contributed by atoms with Crippen LogP contribution in [0, 0.1) is 0 Å². The quantitative estimate of drug-likeness (QED) is 0.760. The van der Waals surface area contributed by atoms with Gasteiger partial charge in [0.1, 0.15) is 12.4 Å². The molecule has 1 unspecified atom stereocenters. The summed E-state index contributed by atoms with van der Waals surface area (Å²) < 4.78 is 7.76. The van der Waals surface area contributed by atoms with Gasteiger partial charge in [-0.15, -0.1) is 0 Å². The van der Waals surface area contributed by atoms with Crippen molar-refractivity contribution in [2.45, 2.75) is 32.4 Å². The summed E-state index contributed by atoms with van der Waals surface area (Å²) in [5, 5.41) is 0. The standard InChI is InChI=1S/C16H18Br2N2O/c1-2-13(19)7-12-8-14(17)16(15(18)9-12)21-10-11-3-5-20-6-4-11/h3-6,8-9,13H,2,7,10,19H2,1H3. The molecule has 0 aliphatic heterocycles. The molecule has 2 aromatic rings. The normalized spacial score (nSPS) is 12.2. The lowest BCUT2D eigenvalue weighted by Crippen LogP contribution is -2.21. The lowest BCUT2D eigenvalue weighted by Gasteiger charge is -2.14.